The molecule has 0 fully saturated rings. The minimum atomic E-state index is -0.240. The average Bonchev–Trinajstić information content (AvgIpc) is 2.55. The molecule has 3 nitrogen and oxygen atoms in total. The van der Waals surface area contributed by atoms with E-state index in [1.54, 1.807) is 22.9 Å². The van der Waals surface area contributed by atoms with Crippen molar-refractivity contribution >= 4 is 21.9 Å². The highest BCUT2D eigenvalue weighted by Gasteiger charge is 2.08. The zero-order valence-electron chi connectivity index (χ0n) is 8.74. The predicted molar refractivity (Wildman–Crippen MR) is 64.6 cm³/mol. The van der Waals surface area contributed by atoms with Crippen LogP contribution in [0.5, 0.6) is 0 Å². The number of halogens is 2. The molecular formula is C11H11BrFN3. The number of rotatable bonds is 2. The molecule has 1 aromatic heterocycles. The Hall–Kier alpha value is -1.36. The quantitative estimate of drug-likeness (QED) is 0.921. The molecule has 16 heavy (non-hydrogen) atoms. The van der Waals surface area contributed by atoms with Gasteiger partial charge >= 0.3 is 0 Å². The third kappa shape index (κ3) is 2.09. The van der Waals surface area contributed by atoms with Crippen molar-refractivity contribution in [1.29, 1.82) is 0 Å². The normalized spacial score (nSPS) is 10.7. The van der Waals surface area contributed by atoms with Gasteiger partial charge in [0.25, 0.3) is 0 Å². The molecule has 1 heterocycles. The molecule has 0 radical (unpaired) electrons. The maximum Gasteiger partial charge on any atom is 0.200 e. The van der Waals surface area contributed by atoms with Crippen molar-refractivity contribution in [1.82, 2.24) is 9.55 Å². The summed E-state index contributed by atoms with van der Waals surface area (Å²) in [4.78, 5) is 3.97. The number of aryl methyl sites for hydroxylation is 1. The molecule has 2 rings (SSSR count). The van der Waals surface area contributed by atoms with E-state index in [9.17, 15) is 4.39 Å². The van der Waals surface area contributed by atoms with Gasteiger partial charge in [-0.05, 0) is 25.1 Å². The molecule has 0 amide bonds. The van der Waals surface area contributed by atoms with E-state index in [1.165, 1.54) is 6.07 Å². The fourth-order valence-electron chi connectivity index (χ4n) is 1.52. The van der Waals surface area contributed by atoms with E-state index in [-0.39, 0.29) is 5.82 Å². The Morgan fingerprint density at radius 1 is 1.50 bits per heavy atom. The number of hydrogen-bond acceptors (Lipinski definition) is 2. The maximum absolute atomic E-state index is 13.5. The first-order chi connectivity index (χ1) is 7.58. The summed E-state index contributed by atoms with van der Waals surface area (Å²) in [7, 11) is 0. The highest BCUT2D eigenvalue weighted by molar-refractivity contribution is 9.10. The lowest BCUT2D eigenvalue weighted by Crippen LogP contribution is -2.07. The minimum absolute atomic E-state index is 0.240. The fraction of sp³-hybridized carbons (Fsp3) is 0.182. The third-order valence-corrected chi connectivity index (χ3v) is 2.92. The smallest absolute Gasteiger partial charge is 0.200 e. The number of benzene rings is 1. The highest BCUT2D eigenvalue weighted by atomic mass is 79.9. The second-order valence-electron chi connectivity index (χ2n) is 3.58. The van der Waals surface area contributed by atoms with Crippen LogP contribution in [0.25, 0.3) is 0 Å². The van der Waals surface area contributed by atoms with Gasteiger partial charge in [-0.25, -0.2) is 9.37 Å². The monoisotopic (exact) mass is 283 g/mol. The Balaban J connectivity index is 2.37. The van der Waals surface area contributed by atoms with Gasteiger partial charge in [-0.1, -0.05) is 15.9 Å². The number of nitrogens with zero attached hydrogens (tertiary/aromatic N) is 2. The molecule has 0 aliphatic heterocycles. The summed E-state index contributed by atoms with van der Waals surface area (Å²) in [6.45, 7) is 2.28. The molecule has 0 bridgehead atoms. The third-order valence-electron chi connectivity index (χ3n) is 2.42. The summed E-state index contributed by atoms with van der Waals surface area (Å²) < 4.78 is 16.1. The van der Waals surface area contributed by atoms with Gasteiger partial charge in [0, 0.05) is 15.7 Å². The van der Waals surface area contributed by atoms with Gasteiger partial charge in [-0.3, -0.25) is 0 Å². The van der Waals surface area contributed by atoms with Crippen molar-refractivity contribution < 1.29 is 4.39 Å². The summed E-state index contributed by atoms with van der Waals surface area (Å²) >= 11 is 3.31. The summed E-state index contributed by atoms with van der Waals surface area (Å²) in [5.41, 5.74) is 7.19. The Morgan fingerprint density at radius 2 is 2.25 bits per heavy atom. The second kappa shape index (κ2) is 4.25. The lowest BCUT2D eigenvalue weighted by Gasteiger charge is -2.08. The zero-order valence-corrected chi connectivity index (χ0v) is 10.3. The number of aromatic nitrogens is 2. The molecule has 0 unspecified atom stereocenters. The van der Waals surface area contributed by atoms with Gasteiger partial charge in [0.05, 0.1) is 12.7 Å². The summed E-state index contributed by atoms with van der Waals surface area (Å²) in [5.74, 6) is 0.160. The van der Waals surface area contributed by atoms with Gasteiger partial charge in [0.2, 0.25) is 5.95 Å². The minimum Gasteiger partial charge on any atom is -0.369 e. The van der Waals surface area contributed by atoms with Crippen LogP contribution in [0, 0.1) is 12.7 Å². The Morgan fingerprint density at radius 3 is 2.88 bits per heavy atom. The highest BCUT2D eigenvalue weighted by Crippen LogP contribution is 2.18. The zero-order chi connectivity index (χ0) is 11.7. The van der Waals surface area contributed by atoms with Crippen LogP contribution in [0.15, 0.2) is 28.9 Å². The first kappa shape index (κ1) is 11.1. The van der Waals surface area contributed by atoms with Crippen LogP contribution in [-0.4, -0.2) is 9.55 Å². The van der Waals surface area contributed by atoms with Gasteiger partial charge in [0.1, 0.15) is 5.82 Å². The van der Waals surface area contributed by atoms with E-state index in [4.69, 9.17) is 5.73 Å². The van der Waals surface area contributed by atoms with Crippen molar-refractivity contribution in [2.75, 3.05) is 5.73 Å². The van der Waals surface area contributed by atoms with Crippen molar-refractivity contribution in [2.24, 2.45) is 0 Å². The molecule has 0 aliphatic carbocycles. The van der Waals surface area contributed by atoms with Crippen molar-refractivity contribution in [3.8, 4) is 0 Å². The van der Waals surface area contributed by atoms with Gasteiger partial charge in [0.15, 0.2) is 0 Å². The van der Waals surface area contributed by atoms with Crippen LogP contribution in [0.4, 0.5) is 10.3 Å². The van der Waals surface area contributed by atoms with E-state index >= 15 is 0 Å². The maximum atomic E-state index is 13.5. The van der Waals surface area contributed by atoms with Crippen LogP contribution in [0.3, 0.4) is 0 Å². The van der Waals surface area contributed by atoms with E-state index < -0.39 is 0 Å². The number of hydrogen-bond donors (Lipinski definition) is 1. The van der Waals surface area contributed by atoms with Crippen LogP contribution in [0.1, 0.15) is 11.3 Å². The summed E-state index contributed by atoms with van der Waals surface area (Å²) in [6, 6.07) is 4.85. The molecule has 0 aliphatic rings. The molecule has 0 saturated heterocycles. The van der Waals surface area contributed by atoms with E-state index in [1.807, 2.05) is 6.92 Å². The second-order valence-corrected chi connectivity index (χ2v) is 4.50. The molecule has 0 atom stereocenters. The predicted octanol–water partition coefficient (Wildman–Crippen LogP) is 2.72. The van der Waals surface area contributed by atoms with E-state index in [0.717, 1.165) is 10.2 Å². The van der Waals surface area contributed by atoms with Crippen LogP contribution < -0.4 is 5.73 Å². The molecule has 2 N–H and O–H groups in total. The van der Waals surface area contributed by atoms with Gasteiger partial charge in [-0.15, -0.1) is 0 Å². The number of imidazole rings is 1. The van der Waals surface area contributed by atoms with Crippen LogP contribution in [-0.2, 0) is 6.54 Å². The van der Waals surface area contributed by atoms with Crippen molar-refractivity contribution in [3.05, 3.63) is 45.9 Å². The van der Waals surface area contributed by atoms with Crippen molar-refractivity contribution in [2.45, 2.75) is 13.5 Å². The lowest BCUT2D eigenvalue weighted by molar-refractivity contribution is 0.598. The summed E-state index contributed by atoms with van der Waals surface area (Å²) in [5, 5.41) is 0. The molecule has 1 aromatic carbocycles. The number of nitrogens with two attached hydrogens (primary N) is 1. The van der Waals surface area contributed by atoms with Gasteiger partial charge in [-0.2, -0.15) is 0 Å². The van der Waals surface area contributed by atoms with Crippen LogP contribution >= 0.6 is 15.9 Å². The number of anilines is 1. The number of nitrogen functional groups attached to an aromatic ring is 1. The molecule has 0 spiro atoms. The van der Waals surface area contributed by atoms with Crippen molar-refractivity contribution in [3.63, 3.8) is 0 Å². The molecule has 2 aromatic rings. The topological polar surface area (TPSA) is 43.8 Å². The summed E-state index contributed by atoms with van der Waals surface area (Å²) in [6.07, 6.45) is 1.67. The van der Waals surface area contributed by atoms with Crippen LogP contribution in [0.2, 0.25) is 0 Å². The SMILES string of the molecule is Cc1cnc(N)n1Cc1cc(Br)ccc1F. The Labute approximate surface area is 101 Å². The molecular weight excluding hydrogens is 273 g/mol. The Kier molecular flexibility index (Phi) is 2.96. The van der Waals surface area contributed by atoms with Gasteiger partial charge < -0.3 is 10.3 Å². The molecule has 84 valence electrons. The molecule has 0 saturated carbocycles. The molecule has 5 heteroatoms. The average molecular weight is 284 g/mol. The largest absolute Gasteiger partial charge is 0.369 e. The standard InChI is InChI=1S/C11H11BrFN3/c1-7-5-15-11(14)16(7)6-8-4-9(12)2-3-10(8)13/h2-5H,6H2,1H3,(H2,14,15). The Bertz CT molecular complexity index is 502. The van der Waals surface area contributed by atoms with E-state index in [2.05, 4.69) is 20.9 Å². The first-order valence-electron chi connectivity index (χ1n) is 4.79. The first-order valence-corrected chi connectivity index (χ1v) is 5.59. The van der Waals surface area contributed by atoms with E-state index in [0.29, 0.717) is 18.1 Å². The fourth-order valence-corrected chi connectivity index (χ4v) is 1.93. The lowest BCUT2D eigenvalue weighted by atomic mass is 10.2.